The van der Waals surface area contributed by atoms with Crippen LogP contribution in [0.2, 0.25) is 0 Å². The lowest BCUT2D eigenvalue weighted by Crippen LogP contribution is -2.14. The van der Waals surface area contributed by atoms with E-state index >= 15 is 0 Å². The highest BCUT2D eigenvalue weighted by molar-refractivity contribution is 5.68. The molecule has 3 N–H and O–H groups in total. The van der Waals surface area contributed by atoms with E-state index in [0.29, 0.717) is 22.7 Å². The molecule has 4 nitrogen and oxygen atoms in total. The zero-order valence-electron chi connectivity index (χ0n) is 16.5. The molecule has 5 rings (SSSR count). The largest absolute Gasteiger partial charge is 0.508 e. The van der Waals surface area contributed by atoms with Crippen molar-refractivity contribution in [3.05, 3.63) is 107 Å². The maximum absolute atomic E-state index is 10.1. The van der Waals surface area contributed by atoms with Crippen molar-refractivity contribution in [2.45, 2.75) is 12.8 Å². The van der Waals surface area contributed by atoms with E-state index in [-0.39, 0.29) is 11.7 Å². The third-order valence-corrected chi connectivity index (χ3v) is 5.54. The summed E-state index contributed by atoms with van der Waals surface area (Å²) in [7, 11) is 0. The van der Waals surface area contributed by atoms with E-state index in [2.05, 4.69) is 12.1 Å². The van der Waals surface area contributed by atoms with E-state index in [0.717, 1.165) is 28.2 Å². The highest BCUT2D eigenvalue weighted by atomic mass is 16.5. The van der Waals surface area contributed by atoms with Crippen LogP contribution in [0.5, 0.6) is 28.7 Å². The standard InChI is InChI=1S/C26H21NO3/c1-16-20(28)11-7-14-21(16)29-22-12-4-2-8-17(22)25-18-9-3-5-13-23(18)30-24-15-6-10-19(27)26(24)25/h2-15,25,28H,27H2,1H3/t25-/m0/s1. The summed E-state index contributed by atoms with van der Waals surface area (Å²) in [6.45, 7) is 1.84. The summed E-state index contributed by atoms with van der Waals surface area (Å²) in [5.41, 5.74) is 10.7. The monoisotopic (exact) mass is 395 g/mol. The number of ether oxygens (including phenoxy) is 2. The fourth-order valence-electron chi connectivity index (χ4n) is 4.01. The van der Waals surface area contributed by atoms with E-state index in [4.69, 9.17) is 15.2 Å². The molecule has 0 saturated heterocycles. The fraction of sp³-hybridized carbons (Fsp3) is 0.0769. The highest BCUT2D eigenvalue weighted by Gasteiger charge is 2.32. The van der Waals surface area contributed by atoms with E-state index in [1.807, 2.05) is 67.6 Å². The van der Waals surface area contributed by atoms with E-state index in [9.17, 15) is 5.11 Å². The number of nitrogens with two attached hydrogens (primary N) is 1. The molecular weight excluding hydrogens is 374 g/mol. The number of para-hydroxylation sites is 2. The number of hydrogen-bond donors (Lipinski definition) is 2. The zero-order valence-corrected chi connectivity index (χ0v) is 16.5. The number of rotatable bonds is 3. The van der Waals surface area contributed by atoms with Crippen molar-refractivity contribution in [1.29, 1.82) is 0 Å². The molecule has 1 aliphatic rings. The van der Waals surface area contributed by atoms with Crippen LogP contribution >= 0.6 is 0 Å². The van der Waals surface area contributed by atoms with Gasteiger partial charge in [-0.15, -0.1) is 0 Å². The molecule has 0 aromatic heterocycles. The van der Waals surface area contributed by atoms with Crippen molar-refractivity contribution < 1.29 is 14.6 Å². The molecule has 0 radical (unpaired) electrons. The van der Waals surface area contributed by atoms with Crippen molar-refractivity contribution in [2.24, 2.45) is 0 Å². The van der Waals surface area contributed by atoms with E-state index in [1.165, 1.54) is 0 Å². The van der Waals surface area contributed by atoms with Gasteiger partial charge in [-0.1, -0.05) is 48.5 Å². The fourth-order valence-corrected chi connectivity index (χ4v) is 4.01. The van der Waals surface area contributed by atoms with E-state index < -0.39 is 0 Å². The molecule has 1 heterocycles. The molecule has 0 unspecified atom stereocenters. The van der Waals surface area contributed by atoms with Gasteiger partial charge in [0.05, 0.1) is 0 Å². The SMILES string of the molecule is Cc1c(O)cccc1Oc1ccccc1[C@H]1c2ccccc2Oc2cccc(N)c21. The minimum Gasteiger partial charge on any atom is -0.508 e. The molecule has 148 valence electrons. The normalized spacial score (nSPS) is 14.4. The van der Waals surface area contributed by atoms with Crippen molar-refractivity contribution in [2.75, 3.05) is 5.73 Å². The van der Waals surface area contributed by atoms with Crippen LogP contribution in [-0.4, -0.2) is 5.11 Å². The quantitative estimate of drug-likeness (QED) is 0.349. The van der Waals surface area contributed by atoms with Crippen molar-refractivity contribution in [1.82, 2.24) is 0 Å². The van der Waals surface area contributed by atoms with Crippen molar-refractivity contribution in [3.63, 3.8) is 0 Å². The number of phenols is 1. The average Bonchev–Trinajstić information content (AvgIpc) is 2.76. The lowest BCUT2D eigenvalue weighted by molar-refractivity contribution is 0.438. The summed E-state index contributed by atoms with van der Waals surface area (Å²) in [5, 5.41) is 10.1. The van der Waals surface area contributed by atoms with Gasteiger partial charge < -0.3 is 20.3 Å². The van der Waals surface area contributed by atoms with Crippen LogP contribution in [0.15, 0.2) is 84.9 Å². The van der Waals surface area contributed by atoms with Crippen LogP contribution < -0.4 is 15.2 Å². The minimum atomic E-state index is -0.139. The van der Waals surface area contributed by atoms with Crippen LogP contribution in [0.1, 0.15) is 28.2 Å². The van der Waals surface area contributed by atoms with Gasteiger partial charge in [0, 0.05) is 33.9 Å². The van der Waals surface area contributed by atoms with Crippen LogP contribution in [-0.2, 0) is 0 Å². The number of hydrogen-bond acceptors (Lipinski definition) is 4. The molecule has 0 fully saturated rings. The van der Waals surface area contributed by atoms with Crippen LogP contribution in [0.25, 0.3) is 0 Å². The summed E-state index contributed by atoms with van der Waals surface area (Å²) in [6.07, 6.45) is 0. The van der Waals surface area contributed by atoms with Gasteiger partial charge in [0.1, 0.15) is 28.7 Å². The van der Waals surface area contributed by atoms with Crippen LogP contribution in [0, 0.1) is 6.92 Å². The second-order valence-electron chi connectivity index (χ2n) is 7.37. The Morgan fingerprint density at radius 1 is 0.767 bits per heavy atom. The second-order valence-corrected chi connectivity index (χ2v) is 7.37. The van der Waals surface area contributed by atoms with Gasteiger partial charge in [0.25, 0.3) is 0 Å². The summed E-state index contributed by atoms with van der Waals surface area (Å²) in [4.78, 5) is 0. The predicted octanol–water partition coefficient (Wildman–Crippen LogP) is 6.36. The molecule has 4 aromatic rings. The Labute approximate surface area is 175 Å². The molecule has 0 spiro atoms. The third-order valence-electron chi connectivity index (χ3n) is 5.54. The third kappa shape index (κ3) is 2.94. The second kappa shape index (κ2) is 7.16. The smallest absolute Gasteiger partial charge is 0.134 e. The summed E-state index contributed by atoms with van der Waals surface area (Å²) >= 11 is 0. The molecule has 1 aliphatic heterocycles. The van der Waals surface area contributed by atoms with E-state index in [1.54, 1.807) is 12.1 Å². The molecule has 0 bridgehead atoms. The van der Waals surface area contributed by atoms with Gasteiger partial charge in [-0.25, -0.2) is 0 Å². The number of phenolic OH excluding ortho intramolecular Hbond substituents is 1. The van der Waals surface area contributed by atoms with Gasteiger partial charge in [-0.05, 0) is 43.3 Å². The lowest BCUT2D eigenvalue weighted by atomic mass is 9.81. The zero-order chi connectivity index (χ0) is 20.7. The highest BCUT2D eigenvalue weighted by Crippen LogP contribution is 2.51. The first-order chi connectivity index (χ1) is 14.6. The molecule has 30 heavy (non-hydrogen) atoms. The van der Waals surface area contributed by atoms with Crippen molar-refractivity contribution >= 4 is 5.69 Å². The van der Waals surface area contributed by atoms with Gasteiger partial charge in [0.15, 0.2) is 0 Å². The number of benzene rings is 4. The molecule has 0 saturated carbocycles. The number of aromatic hydroxyl groups is 1. The Kier molecular flexibility index (Phi) is 4.32. The maximum atomic E-state index is 10.1. The first-order valence-corrected chi connectivity index (χ1v) is 9.84. The number of fused-ring (bicyclic) bond motifs is 2. The molecule has 1 atom stereocenters. The first kappa shape index (κ1) is 18.1. The average molecular weight is 395 g/mol. The van der Waals surface area contributed by atoms with Crippen LogP contribution in [0.4, 0.5) is 5.69 Å². The molecule has 0 amide bonds. The Morgan fingerprint density at radius 2 is 1.43 bits per heavy atom. The predicted molar refractivity (Wildman–Crippen MR) is 118 cm³/mol. The van der Waals surface area contributed by atoms with Gasteiger partial charge >= 0.3 is 0 Å². The Morgan fingerprint density at radius 3 is 2.30 bits per heavy atom. The minimum absolute atomic E-state index is 0.139. The summed E-state index contributed by atoms with van der Waals surface area (Å²) in [6, 6.07) is 26.9. The number of anilines is 1. The molecule has 4 heteroatoms. The maximum Gasteiger partial charge on any atom is 0.134 e. The summed E-state index contributed by atoms with van der Waals surface area (Å²) in [5.74, 6) is 2.95. The summed E-state index contributed by atoms with van der Waals surface area (Å²) < 4.78 is 12.5. The van der Waals surface area contributed by atoms with Crippen molar-refractivity contribution in [3.8, 4) is 28.7 Å². The topological polar surface area (TPSA) is 64.7 Å². The van der Waals surface area contributed by atoms with Crippen LogP contribution in [0.3, 0.4) is 0 Å². The Hall–Kier alpha value is -3.92. The van der Waals surface area contributed by atoms with Gasteiger partial charge in [-0.2, -0.15) is 0 Å². The molecule has 4 aromatic carbocycles. The Balaban J connectivity index is 1.70. The number of nitrogen functional groups attached to an aromatic ring is 1. The lowest BCUT2D eigenvalue weighted by Gasteiger charge is -2.30. The van der Waals surface area contributed by atoms with Gasteiger partial charge in [-0.3, -0.25) is 0 Å². The van der Waals surface area contributed by atoms with Gasteiger partial charge in [0.2, 0.25) is 0 Å². The first-order valence-electron chi connectivity index (χ1n) is 9.84. The Bertz CT molecular complexity index is 1250. The molecular formula is C26H21NO3. The molecule has 0 aliphatic carbocycles.